The van der Waals surface area contributed by atoms with Gasteiger partial charge in [-0.3, -0.25) is 4.79 Å². The van der Waals surface area contributed by atoms with E-state index >= 15 is 0 Å². The highest BCUT2D eigenvalue weighted by atomic mass is 35.5. The molecule has 2 aliphatic heterocycles. The second-order valence-corrected chi connectivity index (χ2v) is 7.91. The molecule has 8 heteroatoms. The molecule has 3 rings (SSSR count). The van der Waals surface area contributed by atoms with E-state index in [-0.39, 0.29) is 30.9 Å². The van der Waals surface area contributed by atoms with Crippen LogP contribution in [0.3, 0.4) is 0 Å². The van der Waals surface area contributed by atoms with Crippen LogP contribution < -0.4 is 10.0 Å². The summed E-state index contributed by atoms with van der Waals surface area (Å²) in [5, 5.41) is 3.39. The summed E-state index contributed by atoms with van der Waals surface area (Å²) in [5.74, 6) is 0.672. The van der Waals surface area contributed by atoms with Crippen molar-refractivity contribution in [2.45, 2.75) is 6.04 Å². The summed E-state index contributed by atoms with van der Waals surface area (Å²) in [4.78, 5) is 14.3. The molecule has 0 aliphatic carbocycles. The Labute approximate surface area is 143 Å². The van der Waals surface area contributed by atoms with Gasteiger partial charge in [-0.15, -0.1) is 12.4 Å². The number of rotatable bonds is 4. The molecule has 0 radical (unpaired) electrons. The highest BCUT2D eigenvalue weighted by Crippen LogP contribution is 2.42. The Morgan fingerprint density at radius 1 is 1.30 bits per heavy atom. The van der Waals surface area contributed by atoms with Gasteiger partial charge in [0.1, 0.15) is 0 Å². The maximum Gasteiger partial charge on any atom is 0.238 e. The summed E-state index contributed by atoms with van der Waals surface area (Å²) in [6.07, 6.45) is 1.07. The largest absolute Gasteiger partial charge is 0.334 e. The molecule has 0 saturated carbocycles. The summed E-state index contributed by atoms with van der Waals surface area (Å²) in [7, 11) is -3.36. The standard InChI is InChI=1S/C15H21N3O3S.ClH/c1-22(20,21)17-9-14(19)18-10-12-7-16-8-13(12)15(18)11-5-3-2-4-6-11;/h2-6,12-13,15-17H,7-10H2,1H3;1H/t12-,13-,15+;/m0./s1. The fraction of sp³-hybridized carbons (Fsp3) is 0.533. The SMILES string of the molecule is CS(=O)(=O)NCC(=O)N1C[C@@H]2CNC[C@@H]2[C@H]1c1ccccc1.Cl. The second-order valence-electron chi connectivity index (χ2n) is 6.08. The first kappa shape index (κ1) is 18.2. The molecular weight excluding hydrogens is 338 g/mol. The van der Waals surface area contributed by atoms with Gasteiger partial charge in [0, 0.05) is 25.6 Å². The van der Waals surface area contributed by atoms with Crippen LogP contribution in [0.1, 0.15) is 11.6 Å². The highest BCUT2D eigenvalue weighted by Gasteiger charge is 2.46. The molecule has 2 heterocycles. The Bertz CT molecular complexity index is 653. The van der Waals surface area contributed by atoms with Crippen LogP contribution in [0.25, 0.3) is 0 Å². The number of carbonyl (C=O) groups excluding carboxylic acids is 1. The Morgan fingerprint density at radius 3 is 2.65 bits per heavy atom. The molecule has 0 aromatic heterocycles. The van der Waals surface area contributed by atoms with Crippen LogP contribution >= 0.6 is 12.4 Å². The smallest absolute Gasteiger partial charge is 0.238 e. The van der Waals surface area contributed by atoms with Crippen LogP contribution in [-0.4, -0.2) is 51.7 Å². The molecule has 2 N–H and O–H groups in total. The molecule has 3 atom stereocenters. The summed E-state index contributed by atoms with van der Waals surface area (Å²) in [6, 6.07) is 10.0. The number of fused-ring (bicyclic) bond motifs is 1. The lowest BCUT2D eigenvalue weighted by Crippen LogP contribution is -2.41. The summed E-state index contributed by atoms with van der Waals surface area (Å²) < 4.78 is 24.7. The third-order valence-electron chi connectivity index (χ3n) is 4.51. The van der Waals surface area contributed by atoms with Crippen molar-refractivity contribution in [3.05, 3.63) is 35.9 Å². The normalized spacial score (nSPS) is 26.7. The van der Waals surface area contributed by atoms with E-state index in [0.29, 0.717) is 18.4 Å². The molecule has 1 aromatic carbocycles. The number of likely N-dealkylation sites (tertiary alicyclic amines) is 1. The average molecular weight is 360 g/mol. The van der Waals surface area contributed by atoms with Gasteiger partial charge in [0.25, 0.3) is 0 Å². The van der Waals surface area contributed by atoms with E-state index in [9.17, 15) is 13.2 Å². The minimum absolute atomic E-state index is 0. The molecule has 1 amide bonds. The number of hydrogen-bond donors (Lipinski definition) is 2. The fourth-order valence-electron chi connectivity index (χ4n) is 3.55. The lowest BCUT2D eigenvalue weighted by Gasteiger charge is -2.28. The molecule has 0 bridgehead atoms. The molecular formula is C15H22ClN3O3S. The van der Waals surface area contributed by atoms with E-state index in [4.69, 9.17) is 0 Å². The van der Waals surface area contributed by atoms with Gasteiger partial charge in [0.05, 0.1) is 18.8 Å². The van der Waals surface area contributed by atoms with E-state index in [1.165, 1.54) is 0 Å². The number of sulfonamides is 1. The molecule has 6 nitrogen and oxygen atoms in total. The number of benzene rings is 1. The third-order valence-corrected chi connectivity index (χ3v) is 5.18. The van der Waals surface area contributed by atoms with Crippen LogP contribution in [0, 0.1) is 11.8 Å². The molecule has 128 valence electrons. The van der Waals surface area contributed by atoms with Crippen molar-refractivity contribution >= 4 is 28.3 Å². The van der Waals surface area contributed by atoms with Gasteiger partial charge in [0.2, 0.25) is 15.9 Å². The number of nitrogens with one attached hydrogen (secondary N) is 2. The quantitative estimate of drug-likeness (QED) is 0.814. The minimum atomic E-state index is -3.36. The Kier molecular flexibility index (Phi) is 5.67. The van der Waals surface area contributed by atoms with Crippen molar-refractivity contribution in [2.24, 2.45) is 11.8 Å². The first-order valence-corrected chi connectivity index (χ1v) is 9.34. The number of nitrogens with zero attached hydrogens (tertiary/aromatic N) is 1. The van der Waals surface area contributed by atoms with E-state index in [2.05, 4.69) is 10.0 Å². The van der Waals surface area contributed by atoms with Crippen molar-refractivity contribution in [1.82, 2.24) is 14.9 Å². The van der Waals surface area contributed by atoms with Gasteiger partial charge in [-0.2, -0.15) is 0 Å². The van der Waals surface area contributed by atoms with Crippen molar-refractivity contribution < 1.29 is 13.2 Å². The first-order valence-electron chi connectivity index (χ1n) is 7.45. The van der Waals surface area contributed by atoms with Crippen LogP contribution in [0.4, 0.5) is 0 Å². The molecule has 2 fully saturated rings. The highest BCUT2D eigenvalue weighted by molar-refractivity contribution is 7.88. The van der Waals surface area contributed by atoms with Crippen molar-refractivity contribution in [1.29, 1.82) is 0 Å². The number of hydrogen-bond acceptors (Lipinski definition) is 4. The van der Waals surface area contributed by atoms with Crippen molar-refractivity contribution in [3.63, 3.8) is 0 Å². The average Bonchev–Trinajstić information content (AvgIpc) is 3.05. The van der Waals surface area contributed by atoms with Gasteiger partial charge < -0.3 is 10.2 Å². The van der Waals surface area contributed by atoms with E-state index in [1.807, 2.05) is 35.2 Å². The summed E-state index contributed by atoms with van der Waals surface area (Å²) >= 11 is 0. The molecule has 0 unspecified atom stereocenters. The molecule has 23 heavy (non-hydrogen) atoms. The second kappa shape index (κ2) is 7.17. The van der Waals surface area contributed by atoms with Crippen LogP contribution in [0.15, 0.2) is 30.3 Å². The van der Waals surface area contributed by atoms with Crippen LogP contribution in [0.2, 0.25) is 0 Å². The monoisotopic (exact) mass is 359 g/mol. The zero-order valence-corrected chi connectivity index (χ0v) is 14.6. The zero-order chi connectivity index (χ0) is 15.7. The van der Waals surface area contributed by atoms with Gasteiger partial charge in [-0.1, -0.05) is 30.3 Å². The number of amides is 1. The van der Waals surface area contributed by atoms with Crippen LogP contribution in [0.5, 0.6) is 0 Å². The van der Waals surface area contributed by atoms with E-state index in [1.54, 1.807) is 0 Å². The van der Waals surface area contributed by atoms with Gasteiger partial charge >= 0.3 is 0 Å². The van der Waals surface area contributed by atoms with Gasteiger partial charge in [-0.25, -0.2) is 13.1 Å². The topological polar surface area (TPSA) is 78.5 Å². The predicted molar refractivity (Wildman–Crippen MR) is 90.8 cm³/mol. The lowest BCUT2D eigenvalue weighted by molar-refractivity contribution is -0.131. The Balaban J connectivity index is 0.00000192. The molecule has 2 saturated heterocycles. The fourth-order valence-corrected chi connectivity index (χ4v) is 3.93. The van der Waals surface area contributed by atoms with Crippen molar-refractivity contribution in [3.8, 4) is 0 Å². The van der Waals surface area contributed by atoms with Crippen LogP contribution in [-0.2, 0) is 14.8 Å². The minimum Gasteiger partial charge on any atom is -0.334 e. The maximum absolute atomic E-state index is 12.5. The summed E-state index contributed by atoms with van der Waals surface area (Å²) in [5.41, 5.74) is 1.12. The van der Waals surface area contributed by atoms with Gasteiger partial charge in [0.15, 0.2) is 0 Å². The lowest BCUT2D eigenvalue weighted by atomic mass is 9.89. The molecule has 0 spiro atoms. The van der Waals surface area contributed by atoms with E-state index < -0.39 is 10.0 Å². The summed E-state index contributed by atoms with van der Waals surface area (Å²) in [6.45, 7) is 2.32. The maximum atomic E-state index is 12.5. The zero-order valence-electron chi connectivity index (χ0n) is 12.9. The number of carbonyl (C=O) groups is 1. The predicted octanol–water partition coefficient (Wildman–Crippen LogP) is 0.376. The molecule has 2 aliphatic rings. The van der Waals surface area contributed by atoms with Crippen molar-refractivity contribution in [2.75, 3.05) is 32.4 Å². The first-order chi connectivity index (χ1) is 10.5. The molecule has 1 aromatic rings. The van der Waals surface area contributed by atoms with E-state index in [0.717, 1.165) is 24.9 Å². The third kappa shape index (κ3) is 4.03. The van der Waals surface area contributed by atoms with Gasteiger partial charge in [-0.05, 0) is 11.5 Å². The Morgan fingerprint density at radius 2 is 2.00 bits per heavy atom. The Hall–Kier alpha value is -1.15. The number of halogens is 1.